The molecule has 2 aliphatic heterocycles. The van der Waals surface area contributed by atoms with Crippen molar-refractivity contribution < 1.29 is 9.15 Å². The minimum Gasteiger partial charge on any atom is -0.493 e. The Morgan fingerprint density at radius 1 is 1.32 bits per heavy atom. The van der Waals surface area contributed by atoms with Crippen molar-refractivity contribution >= 4 is 21.6 Å². The first-order valence-corrected chi connectivity index (χ1v) is 8.71. The first-order chi connectivity index (χ1) is 9.30. The van der Waals surface area contributed by atoms with E-state index in [4.69, 9.17) is 9.15 Å². The quantitative estimate of drug-likeness (QED) is 0.733. The third kappa shape index (κ3) is 1.59. The van der Waals surface area contributed by atoms with Crippen LogP contribution in [0.25, 0.3) is 0 Å². The summed E-state index contributed by atoms with van der Waals surface area (Å²) in [6.45, 7) is 2.91. The van der Waals surface area contributed by atoms with E-state index in [1.54, 1.807) is 6.26 Å². The van der Waals surface area contributed by atoms with E-state index in [0.717, 1.165) is 23.9 Å². The minimum absolute atomic E-state index is 0.0756. The van der Waals surface area contributed by atoms with Crippen LogP contribution in [-0.2, 0) is 4.75 Å². The molecule has 1 aromatic carbocycles. The molecule has 0 bridgehead atoms. The second kappa shape index (κ2) is 4.25. The zero-order valence-electron chi connectivity index (χ0n) is 10.6. The molecule has 1 saturated heterocycles. The first kappa shape index (κ1) is 11.8. The number of ether oxygens (including phenoxy) is 1. The highest BCUT2D eigenvalue weighted by Crippen LogP contribution is 2.63. The maximum Gasteiger partial charge on any atom is 0.125 e. The number of hydrogen-bond donors (Lipinski definition) is 0. The van der Waals surface area contributed by atoms with Gasteiger partial charge < -0.3 is 9.15 Å². The Labute approximate surface area is 120 Å². The molecule has 2 aliphatic rings. The number of fused-ring (bicyclic) bond motifs is 3. The molecule has 1 aromatic heterocycles. The van der Waals surface area contributed by atoms with Crippen LogP contribution < -0.4 is 4.74 Å². The summed E-state index contributed by atoms with van der Waals surface area (Å²) in [6, 6.07) is 10.5. The predicted molar refractivity (Wildman–Crippen MR) is 79.7 cm³/mol. The van der Waals surface area contributed by atoms with Gasteiger partial charge in [-0.15, -0.1) is 0 Å². The molecule has 98 valence electrons. The van der Waals surface area contributed by atoms with Crippen molar-refractivity contribution in [3.63, 3.8) is 0 Å². The minimum atomic E-state index is -0.0756. The SMILES string of the molecule is Cc1ccc2c(c1)[C@]1(c3ccco3)SSC[C@@H]1CO2. The second-order valence-corrected chi connectivity index (χ2v) is 7.68. The third-order valence-electron chi connectivity index (χ3n) is 3.90. The van der Waals surface area contributed by atoms with Crippen molar-refractivity contribution in [2.75, 3.05) is 12.4 Å². The van der Waals surface area contributed by atoms with Gasteiger partial charge in [0.2, 0.25) is 0 Å². The number of rotatable bonds is 1. The fourth-order valence-electron chi connectivity index (χ4n) is 2.94. The molecule has 4 rings (SSSR count). The van der Waals surface area contributed by atoms with E-state index in [0.29, 0.717) is 5.92 Å². The highest BCUT2D eigenvalue weighted by atomic mass is 33.1. The topological polar surface area (TPSA) is 22.4 Å². The molecule has 4 heteroatoms. The molecule has 0 unspecified atom stereocenters. The molecule has 3 heterocycles. The molecule has 0 saturated carbocycles. The third-order valence-corrected chi connectivity index (χ3v) is 7.12. The molecule has 0 aliphatic carbocycles. The van der Waals surface area contributed by atoms with E-state index in [1.165, 1.54) is 11.1 Å². The van der Waals surface area contributed by atoms with E-state index < -0.39 is 0 Å². The summed E-state index contributed by atoms with van der Waals surface area (Å²) >= 11 is 0. The summed E-state index contributed by atoms with van der Waals surface area (Å²) in [5, 5.41) is 0. The van der Waals surface area contributed by atoms with Crippen LogP contribution in [0.15, 0.2) is 41.0 Å². The molecule has 2 nitrogen and oxygen atoms in total. The monoisotopic (exact) mass is 290 g/mol. The number of hydrogen-bond acceptors (Lipinski definition) is 4. The van der Waals surface area contributed by atoms with Gasteiger partial charge in [-0.05, 0) is 25.1 Å². The summed E-state index contributed by atoms with van der Waals surface area (Å²) in [5.41, 5.74) is 2.54. The Kier molecular flexibility index (Phi) is 2.64. The summed E-state index contributed by atoms with van der Waals surface area (Å²) < 4.78 is 11.7. The molecule has 0 amide bonds. The van der Waals surface area contributed by atoms with Crippen LogP contribution in [0.4, 0.5) is 0 Å². The van der Waals surface area contributed by atoms with Crippen molar-refractivity contribution in [2.45, 2.75) is 11.7 Å². The largest absolute Gasteiger partial charge is 0.493 e. The molecular formula is C15H14O2S2. The maximum absolute atomic E-state index is 5.95. The van der Waals surface area contributed by atoms with Crippen LogP contribution in [0, 0.1) is 12.8 Å². The Bertz CT molecular complexity index is 609. The molecule has 0 radical (unpaired) electrons. The summed E-state index contributed by atoms with van der Waals surface area (Å²) in [5.74, 6) is 3.65. The molecule has 19 heavy (non-hydrogen) atoms. The Morgan fingerprint density at radius 3 is 3.11 bits per heavy atom. The van der Waals surface area contributed by atoms with Crippen LogP contribution >= 0.6 is 21.6 Å². The number of benzene rings is 1. The van der Waals surface area contributed by atoms with Gasteiger partial charge in [-0.2, -0.15) is 0 Å². The second-order valence-electron chi connectivity index (χ2n) is 5.09. The number of aryl methyl sites for hydroxylation is 1. The Morgan fingerprint density at radius 2 is 2.26 bits per heavy atom. The molecule has 2 aromatic rings. The van der Waals surface area contributed by atoms with E-state index in [-0.39, 0.29) is 4.75 Å². The van der Waals surface area contributed by atoms with Crippen LogP contribution in [0.2, 0.25) is 0 Å². The lowest BCUT2D eigenvalue weighted by atomic mass is 9.81. The lowest BCUT2D eigenvalue weighted by molar-refractivity contribution is 0.199. The van der Waals surface area contributed by atoms with Crippen LogP contribution in [-0.4, -0.2) is 12.4 Å². The van der Waals surface area contributed by atoms with Gasteiger partial charge in [0.1, 0.15) is 16.3 Å². The summed E-state index contributed by atoms with van der Waals surface area (Å²) in [4.78, 5) is 0. The van der Waals surface area contributed by atoms with Gasteiger partial charge in [-0.3, -0.25) is 0 Å². The van der Waals surface area contributed by atoms with Gasteiger partial charge in [0.15, 0.2) is 0 Å². The van der Waals surface area contributed by atoms with Gasteiger partial charge in [-0.1, -0.05) is 39.3 Å². The van der Waals surface area contributed by atoms with Crippen molar-refractivity contribution in [1.82, 2.24) is 0 Å². The van der Waals surface area contributed by atoms with Crippen molar-refractivity contribution in [2.24, 2.45) is 5.92 Å². The predicted octanol–water partition coefficient (Wildman–Crippen LogP) is 4.24. The molecule has 0 N–H and O–H groups in total. The molecule has 2 atom stereocenters. The lowest BCUT2D eigenvalue weighted by Crippen LogP contribution is -2.38. The van der Waals surface area contributed by atoms with Gasteiger partial charge in [0.25, 0.3) is 0 Å². The summed E-state index contributed by atoms with van der Waals surface area (Å²) in [6.07, 6.45) is 1.77. The maximum atomic E-state index is 5.95. The van der Waals surface area contributed by atoms with E-state index in [9.17, 15) is 0 Å². The average molecular weight is 290 g/mol. The standard InChI is InChI=1S/C15H14O2S2/c1-10-4-5-13-12(7-10)15(14-3-2-6-16-14)11(8-17-13)9-18-19-15/h2-7,11H,8-9H2,1H3/t11-,15+/m0/s1. The normalized spacial score (nSPS) is 28.6. The van der Waals surface area contributed by atoms with Crippen molar-refractivity contribution in [3.8, 4) is 5.75 Å². The highest BCUT2D eigenvalue weighted by molar-refractivity contribution is 8.77. The smallest absolute Gasteiger partial charge is 0.125 e. The van der Waals surface area contributed by atoms with E-state index in [1.807, 2.05) is 27.7 Å². The van der Waals surface area contributed by atoms with Crippen molar-refractivity contribution in [3.05, 3.63) is 53.5 Å². The highest BCUT2D eigenvalue weighted by Gasteiger charge is 2.53. The fraction of sp³-hybridized carbons (Fsp3) is 0.333. The molecule has 0 spiro atoms. The van der Waals surface area contributed by atoms with Gasteiger partial charge in [-0.25, -0.2) is 0 Å². The van der Waals surface area contributed by atoms with Gasteiger partial charge in [0, 0.05) is 17.2 Å². The van der Waals surface area contributed by atoms with E-state index in [2.05, 4.69) is 31.2 Å². The van der Waals surface area contributed by atoms with E-state index >= 15 is 0 Å². The molecular weight excluding hydrogens is 276 g/mol. The zero-order valence-corrected chi connectivity index (χ0v) is 12.2. The van der Waals surface area contributed by atoms with Crippen molar-refractivity contribution in [1.29, 1.82) is 0 Å². The lowest BCUT2D eigenvalue weighted by Gasteiger charge is -2.37. The number of furan rings is 1. The Hall–Kier alpha value is -1.00. The fourth-order valence-corrected chi connectivity index (χ4v) is 6.72. The van der Waals surface area contributed by atoms with Gasteiger partial charge in [0.05, 0.1) is 12.9 Å². The zero-order chi connectivity index (χ0) is 12.9. The van der Waals surface area contributed by atoms with Crippen LogP contribution in [0.5, 0.6) is 5.75 Å². The molecule has 1 fully saturated rings. The van der Waals surface area contributed by atoms with Crippen LogP contribution in [0.3, 0.4) is 0 Å². The van der Waals surface area contributed by atoms with Gasteiger partial charge >= 0.3 is 0 Å². The first-order valence-electron chi connectivity index (χ1n) is 6.39. The summed E-state index contributed by atoms with van der Waals surface area (Å²) in [7, 11) is 3.85. The average Bonchev–Trinajstić information content (AvgIpc) is 3.08. The van der Waals surface area contributed by atoms with Crippen LogP contribution in [0.1, 0.15) is 16.9 Å². The Balaban J connectivity index is 1.98.